The second-order valence-corrected chi connectivity index (χ2v) is 6.37. The summed E-state index contributed by atoms with van der Waals surface area (Å²) in [6.45, 7) is 9.54. The van der Waals surface area contributed by atoms with E-state index < -0.39 is 0 Å². The Kier molecular flexibility index (Phi) is 3.32. The molecule has 0 spiro atoms. The third kappa shape index (κ3) is 2.05. The highest BCUT2D eigenvalue weighted by atomic mass is 16.2. The number of carbonyl (C=O) groups is 1. The number of hydrogen-bond donors (Lipinski definition) is 1. The van der Waals surface area contributed by atoms with E-state index in [0.29, 0.717) is 23.9 Å². The summed E-state index contributed by atoms with van der Waals surface area (Å²) in [6.07, 6.45) is 2.58. The fraction of sp³-hybridized carbons (Fsp3) is 0.929. The van der Waals surface area contributed by atoms with Crippen molar-refractivity contribution in [3.05, 3.63) is 0 Å². The summed E-state index contributed by atoms with van der Waals surface area (Å²) in [5.41, 5.74) is 0. The Morgan fingerprint density at radius 2 is 2.06 bits per heavy atom. The van der Waals surface area contributed by atoms with Gasteiger partial charge in [0.2, 0.25) is 5.91 Å². The second kappa shape index (κ2) is 4.82. The molecule has 2 unspecified atom stereocenters. The molecule has 3 heterocycles. The molecule has 3 fully saturated rings. The summed E-state index contributed by atoms with van der Waals surface area (Å²) in [4.78, 5) is 17.4. The van der Waals surface area contributed by atoms with Crippen molar-refractivity contribution in [3.8, 4) is 0 Å². The first kappa shape index (κ1) is 12.4. The first-order valence-electron chi connectivity index (χ1n) is 7.42. The third-order valence-corrected chi connectivity index (χ3v) is 5.06. The third-order valence-electron chi connectivity index (χ3n) is 5.06. The maximum Gasteiger partial charge on any atom is 0.227 e. The molecule has 4 heteroatoms. The summed E-state index contributed by atoms with van der Waals surface area (Å²) in [7, 11) is 0. The zero-order valence-corrected chi connectivity index (χ0v) is 11.6. The van der Waals surface area contributed by atoms with Gasteiger partial charge in [0.15, 0.2) is 0 Å². The summed E-state index contributed by atoms with van der Waals surface area (Å²) < 4.78 is 0. The largest absolute Gasteiger partial charge is 0.337 e. The SMILES string of the molecule is CC1CN2CCCC2CN1C(=O)[C@@H]1CNC[C@H]1C. The molecule has 0 aliphatic carbocycles. The van der Waals surface area contributed by atoms with E-state index in [1.165, 1.54) is 19.4 Å². The Labute approximate surface area is 110 Å². The van der Waals surface area contributed by atoms with Crippen molar-refractivity contribution in [2.75, 3.05) is 32.7 Å². The van der Waals surface area contributed by atoms with Gasteiger partial charge in [-0.3, -0.25) is 9.69 Å². The van der Waals surface area contributed by atoms with Crippen LogP contribution in [0.3, 0.4) is 0 Å². The maximum absolute atomic E-state index is 12.7. The van der Waals surface area contributed by atoms with Crippen molar-refractivity contribution in [2.24, 2.45) is 11.8 Å². The van der Waals surface area contributed by atoms with Crippen LogP contribution in [0.4, 0.5) is 0 Å². The highest BCUT2D eigenvalue weighted by Gasteiger charge is 2.40. The lowest BCUT2D eigenvalue weighted by Crippen LogP contribution is -2.58. The van der Waals surface area contributed by atoms with E-state index in [2.05, 4.69) is 29.0 Å². The highest BCUT2D eigenvalue weighted by Crippen LogP contribution is 2.27. The molecule has 0 aromatic heterocycles. The van der Waals surface area contributed by atoms with E-state index in [4.69, 9.17) is 0 Å². The van der Waals surface area contributed by atoms with Crippen LogP contribution < -0.4 is 5.32 Å². The number of nitrogens with one attached hydrogen (secondary N) is 1. The van der Waals surface area contributed by atoms with Crippen LogP contribution in [-0.2, 0) is 4.79 Å². The van der Waals surface area contributed by atoms with Crippen LogP contribution in [0, 0.1) is 11.8 Å². The molecule has 3 aliphatic rings. The molecule has 4 atom stereocenters. The molecule has 4 nitrogen and oxygen atoms in total. The molecule has 0 aromatic carbocycles. The molecule has 0 bridgehead atoms. The van der Waals surface area contributed by atoms with Crippen LogP contribution in [-0.4, -0.2) is 60.5 Å². The van der Waals surface area contributed by atoms with Gasteiger partial charge in [0.1, 0.15) is 0 Å². The quantitative estimate of drug-likeness (QED) is 0.739. The second-order valence-electron chi connectivity index (χ2n) is 6.37. The smallest absolute Gasteiger partial charge is 0.227 e. The number of fused-ring (bicyclic) bond motifs is 1. The van der Waals surface area contributed by atoms with Gasteiger partial charge in [-0.15, -0.1) is 0 Å². The molecular formula is C14H25N3O. The van der Waals surface area contributed by atoms with Gasteiger partial charge in [0, 0.05) is 31.7 Å². The highest BCUT2D eigenvalue weighted by molar-refractivity contribution is 5.80. The monoisotopic (exact) mass is 251 g/mol. The molecule has 18 heavy (non-hydrogen) atoms. The lowest BCUT2D eigenvalue weighted by molar-refractivity contribution is -0.141. The summed E-state index contributed by atoms with van der Waals surface area (Å²) >= 11 is 0. The summed E-state index contributed by atoms with van der Waals surface area (Å²) in [5.74, 6) is 1.10. The van der Waals surface area contributed by atoms with Crippen molar-refractivity contribution in [1.29, 1.82) is 0 Å². The van der Waals surface area contributed by atoms with Crippen LogP contribution in [0.5, 0.6) is 0 Å². The van der Waals surface area contributed by atoms with Crippen LogP contribution >= 0.6 is 0 Å². The number of carbonyl (C=O) groups excluding carboxylic acids is 1. The van der Waals surface area contributed by atoms with E-state index in [-0.39, 0.29) is 5.92 Å². The van der Waals surface area contributed by atoms with Gasteiger partial charge in [0.05, 0.1) is 5.92 Å². The van der Waals surface area contributed by atoms with Gasteiger partial charge in [-0.2, -0.15) is 0 Å². The minimum Gasteiger partial charge on any atom is -0.337 e. The normalized spacial score (nSPS) is 41.1. The average Bonchev–Trinajstić information content (AvgIpc) is 2.95. The fourth-order valence-electron chi connectivity index (χ4n) is 3.85. The number of hydrogen-bond acceptors (Lipinski definition) is 3. The number of piperazine rings is 1. The predicted octanol–water partition coefficient (Wildman–Crippen LogP) is 0.537. The predicted molar refractivity (Wildman–Crippen MR) is 71.3 cm³/mol. The maximum atomic E-state index is 12.7. The number of nitrogens with zero attached hydrogens (tertiary/aromatic N) is 2. The van der Waals surface area contributed by atoms with E-state index in [1.807, 2.05) is 0 Å². The standard InChI is InChI=1S/C14H25N3O/c1-10-6-15-7-13(10)14(18)17-9-12-4-3-5-16(12)8-11(17)2/h10-13,15H,3-9H2,1-2H3/t10-,11?,12?,13-/m1/s1. The Hall–Kier alpha value is -0.610. The van der Waals surface area contributed by atoms with E-state index in [9.17, 15) is 4.79 Å². The van der Waals surface area contributed by atoms with Crippen molar-refractivity contribution >= 4 is 5.91 Å². The molecule has 1 N–H and O–H groups in total. The topological polar surface area (TPSA) is 35.6 Å². The molecule has 3 rings (SSSR count). The van der Waals surface area contributed by atoms with Gasteiger partial charge in [-0.1, -0.05) is 6.92 Å². The van der Waals surface area contributed by atoms with Crippen LogP contribution in [0.2, 0.25) is 0 Å². The molecule has 0 radical (unpaired) electrons. The van der Waals surface area contributed by atoms with E-state index in [0.717, 1.165) is 26.2 Å². The Morgan fingerprint density at radius 1 is 1.22 bits per heavy atom. The Morgan fingerprint density at radius 3 is 2.78 bits per heavy atom. The van der Waals surface area contributed by atoms with Crippen LogP contribution in [0.1, 0.15) is 26.7 Å². The zero-order chi connectivity index (χ0) is 12.7. The average molecular weight is 251 g/mol. The molecule has 3 aliphatic heterocycles. The molecule has 0 saturated carbocycles. The Bertz CT molecular complexity index is 333. The van der Waals surface area contributed by atoms with E-state index >= 15 is 0 Å². The minimum absolute atomic E-state index is 0.209. The van der Waals surface area contributed by atoms with Crippen LogP contribution in [0.25, 0.3) is 0 Å². The molecule has 1 amide bonds. The minimum atomic E-state index is 0.209. The number of amides is 1. The van der Waals surface area contributed by atoms with Crippen molar-refractivity contribution in [3.63, 3.8) is 0 Å². The summed E-state index contributed by atoms with van der Waals surface area (Å²) in [6, 6.07) is 1.02. The molecule has 3 saturated heterocycles. The fourth-order valence-corrected chi connectivity index (χ4v) is 3.85. The van der Waals surface area contributed by atoms with Gasteiger partial charge < -0.3 is 10.2 Å². The lowest BCUT2D eigenvalue weighted by Gasteiger charge is -2.43. The van der Waals surface area contributed by atoms with Crippen LogP contribution in [0.15, 0.2) is 0 Å². The van der Waals surface area contributed by atoms with Gasteiger partial charge in [0.25, 0.3) is 0 Å². The van der Waals surface area contributed by atoms with E-state index in [1.54, 1.807) is 0 Å². The van der Waals surface area contributed by atoms with Gasteiger partial charge >= 0.3 is 0 Å². The molecule has 102 valence electrons. The molecule has 0 aromatic rings. The number of rotatable bonds is 1. The van der Waals surface area contributed by atoms with Gasteiger partial charge in [-0.05, 0) is 38.8 Å². The first-order valence-corrected chi connectivity index (χ1v) is 7.42. The van der Waals surface area contributed by atoms with Crippen molar-refractivity contribution in [1.82, 2.24) is 15.1 Å². The van der Waals surface area contributed by atoms with Crippen molar-refractivity contribution < 1.29 is 4.79 Å². The summed E-state index contributed by atoms with van der Waals surface area (Å²) in [5, 5.41) is 3.35. The zero-order valence-electron chi connectivity index (χ0n) is 11.6. The van der Waals surface area contributed by atoms with Crippen molar-refractivity contribution in [2.45, 2.75) is 38.8 Å². The lowest BCUT2D eigenvalue weighted by atomic mass is 9.95. The first-order chi connectivity index (χ1) is 8.66. The van der Waals surface area contributed by atoms with Gasteiger partial charge in [-0.25, -0.2) is 0 Å². The Balaban J connectivity index is 1.69. The molecular weight excluding hydrogens is 226 g/mol.